The predicted octanol–water partition coefficient (Wildman–Crippen LogP) is 3.25. The maximum absolute atomic E-state index is 13.3. The van der Waals surface area contributed by atoms with E-state index in [0.717, 1.165) is 18.2 Å². The van der Waals surface area contributed by atoms with Crippen LogP contribution in [0.3, 0.4) is 0 Å². The first-order valence-electron chi connectivity index (χ1n) is 6.83. The fourth-order valence-electron chi connectivity index (χ4n) is 2.62. The van der Waals surface area contributed by atoms with E-state index >= 15 is 0 Å². The van der Waals surface area contributed by atoms with E-state index in [1.54, 1.807) is 0 Å². The number of piperazine rings is 1. The third-order valence-corrected chi connectivity index (χ3v) is 3.56. The normalized spacial score (nSPS) is 18.7. The van der Waals surface area contributed by atoms with Gasteiger partial charge in [0.15, 0.2) is 0 Å². The lowest BCUT2D eigenvalue weighted by molar-refractivity contribution is -0.138. The van der Waals surface area contributed by atoms with Crippen molar-refractivity contribution in [3.8, 4) is 0 Å². The van der Waals surface area contributed by atoms with Gasteiger partial charge in [-0.05, 0) is 24.1 Å². The van der Waals surface area contributed by atoms with Gasteiger partial charge in [-0.25, -0.2) is 8.78 Å². The van der Waals surface area contributed by atoms with Crippen molar-refractivity contribution < 1.29 is 22.0 Å². The highest BCUT2D eigenvalue weighted by Gasteiger charge is 2.31. The summed E-state index contributed by atoms with van der Waals surface area (Å²) in [6, 6.07) is 2.33. The molecule has 0 amide bonds. The fourth-order valence-corrected chi connectivity index (χ4v) is 2.62. The van der Waals surface area contributed by atoms with Gasteiger partial charge in [0.1, 0.15) is 11.6 Å². The molecule has 0 radical (unpaired) electrons. The van der Waals surface area contributed by atoms with Crippen LogP contribution >= 0.6 is 0 Å². The third kappa shape index (κ3) is 4.93. The monoisotopic (exact) mass is 308 g/mol. The van der Waals surface area contributed by atoms with Crippen molar-refractivity contribution in [3.05, 3.63) is 35.4 Å². The largest absolute Gasteiger partial charge is 0.389 e. The highest BCUT2D eigenvalue weighted by Crippen LogP contribution is 2.32. The Bertz CT molecular complexity index is 449. The molecule has 0 aliphatic carbocycles. The number of alkyl halides is 3. The van der Waals surface area contributed by atoms with E-state index < -0.39 is 30.3 Å². The van der Waals surface area contributed by atoms with Gasteiger partial charge in [-0.3, -0.25) is 4.90 Å². The second-order valence-electron chi connectivity index (χ2n) is 5.16. The number of hydrogen-bond acceptors (Lipinski definition) is 2. The van der Waals surface area contributed by atoms with E-state index in [1.807, 2.05) is 4.90 Å². The average Bonchev–Trinajstić information content (AvgIpc) is 2.37. The van der Waals surface area contributed by atoms with Crippen LogP contribution in [0.25, 0.3) is 0 Å². The SMILES string of the molecule is Fc1cc(F)cc([C@H](CCC(F)(F)F)N2CCNCC2)c1. The van der Waals surface area contributed by atoms with Crippen LogP contribution in [0.15, 0.2) is 18.2 Å². The molecular formula is C14H17F5N2. The maximum Gasteiger partial charge on any atom is 0.389 e. The van der Waals surface area contributed by atoms with E-state index in [1.165, 1.54) is 0 Å². The van der Waals surface area contributed by atoms with Gasteiger partial charge < -0.3 is 5.32 Å². The quantitative estimate of drug-likeness (QED) is 0.859. The highest BCUT2D eigenvalue weighted by atomic mass is 19.4. The Labute approximate surface area is 119 Å². The lowest BCUT2D eigenvalue weighted by atomic mass is 9.99. The summed E-state index contributed by atoms with van der Waals surface area (Å²) in [4.78, 5) is 1.84. The molecule has 0 unspecified atom stereocenters. The molecule has 118 valence electrons. The summed E-state index contributed by atoms with van der Waals surface area (Å²) in [6.07, 6.45) is -5.45. The highest BCUT2D eigenvalue weighted by molar-refractivity contribution is 5.22. The van der Waals surface area contributed by atoms with Crippen LogP contribution in [0.1, 0.15) is 24.4 Å². The maximum atomic E-state index is 13.3. The topological polar surface area (TPSA) is 15.3 Å². The molecule has 0 bridgehead atoms. The lowest BCUT2D eigenvalue weighted by Crippen LogP contribution is -2.45. The number of hydrogen-bond donors (Lipinski definition) is 1. The standard InChI is InChI=1S/C14H17F5N2/c15-11-7-10(8-12(16)9-11)13(1-2-14(17,18)19)21-5-3-20-4-6-21/h7-9,13,20H,1-6H2/t13-/m0/s1. The third-order valence-electron chi connectivity index (χ3n) is 3.56. The minimum absolute atomic E-state index is 0.202. The van der Waals surface area contributed by atoms with Gasteiger partial charge in [0, 0.05) is 44.7 Å². The molecule has 21 heavy (non-hydrogen) atoms. The van der Waals surface area contributed by atoms with E-state index in [2.05, 4.69) is 5.32 Å². The molecule has 1 saturated heterocycles. The van der Waals surface area contributed by atoms with Crippen LogP contribution in [0.4, 0.5) is 22.0 Å². The van der Waals surface area contributed by atoms with Crippen LogP contribution in [0.5, 0.6) is 0 Å². The molecule has 1 atom stereocenters. The minimum atomic E-state index is -4.28. The minimum Gasteiger partial charge on any atom is -0.314 e. The zero-order valence-corrected chi connectivity index (χ0v) is 11.4. The van der Waals surface area contributed by atoms with Crippen molar-refractivity contribution in [2.75, 3.05) is 26.2 Å². The summed E-state index contributed by atoms with van der Waals surface area (Å²) in [5.41, 5.74) is 0.263. The number of nitrogens with one attached hydrogen (secondary N) is 1. The van der Waals surface area contributed by atoms with Crippen LogP contribution in [0.2, 0.25) is 0 Å². The second-order valence-corrected chi connectivity index (χ2v) is 5.16. The Balaban J connectivity index is 2.21. The Kier molecular flexibility index (Phi) is 5.16. The van der Waals surface area contributed by atoms with Gasteiger partial charge >= 0.3 is 6.18 Å². The molecule has 1 heterocycles. The second kappa shape index (κ2) is 6.70. The Morgan fingerprint density at radius 3 is 2.14 bits per heavy atom. The van der Waals surface area contributed by atoms with Crippen LogP contribution in [-0.2, 0) is 0 Å². The van der Waals surface area contributed by atoms with E-state index in [0.29, 0.717) is 26.2 Å². The molecule has 0 spiro atoms. The van der Waals surface area contributed by atoms with Crippen LogP contribution in [0, 0.1) is 11.6 Å². The van der Waals surface area contributed by atoms with Crippen molar-refractivity contribution in [3.63, 3.8) is 0 Å². The van der Waals surface area contributed by atoms with Gasteiger partial charge in [0.2, 0.25) is 0 Å². The van der Waals surface area contributed by atoms with Gasteiger partial charge in [-0.15, -0.1) is 0 Å². The van der Waals surface area contributed by atoms with Crippen molar-refractivity contribution >= 4 is 0 Å². The summed E-state index contributed by atoms with van der Waals surface area (Å²) in [6.45, 7) is 2.42. The molecule has 2 rings (SSSR count). The number of halogens is 5. The summed E-state index contributed by atoms with van der Waals surface area (Å²) in [7, 11) is 0. The molecule has 2 nitrogen and oxygen atoms in total. The molecule has 1 aromatic carbocycles. The fraction of sp³-hybridized carbons (Fsp3) is 0.571. The molecule has 1 N–H and O–H groups in total. The first-order chi connectivity index (χ1) is 9.85. The first kappa shape index (κ1) is 16.2. The summed E-state index contributed by atoms with van der Waals surface area (Å²) in [5, 5.41) is 3.10. The van der Waals surface area contributed by atoms with Gasteiger partial charge in [-0.2, -0.15) is 13.2 Å². The molecule has 7 heteroatoms. The smallest absolute Gasteiger partial charge is 0.314 e. The number of nitrogens with zero attached hydrogens (tertiary/aromatic N) is 1. The van der Waals surface area contributed by atoms with Crippen LogP contribution in [-0.4, -0.2) is 37.3 Å². The predicted molar refractivity (Wildman–Crippen MR) is 68.8 cm³/mol. The van der Waals surface area contributed by atoms with Crippen molar-refractivity contribution in [2.24, 2.45) is 0 Å². The zero-order valence-electron chi connectivity index (χ0n) is 11.4. The molecule has 1 aliphatic heterocycles. The molecule has 1 fully saturated rings. The van der Waals surface area contributed by atoms with Crippen molar-refractivity contribution in [1.29, 1.82) is 0 Å². The molecule has 0 saturated carbocycles. The van der Waals surface area contributed by atoms with E-state index in [-0.39, 0.29) is 12.0 Å². The molecule has 1 aromatic rings. The van der Waals surface area contributed by atoms with E-state index in [9.17, 15) is 22.0 Å². The Morgan fingerprint density at radius 1 is 1.05 bits per heavy atom. The van der Waals surface area contributed by atoms with Gasteiger partial charge in [-0.1, -0.05) is 0 Å². The zero-order chi connectivity index (χ0) is 15.5. The molecule has 1 aliphatic rings. The number of benzene rings is 1. The molecule has 0 aromatic heterocycles. The summed E-state index contributed by atoms with van der Waals surface area (Å²) >= 11 is 0. The van der Waals surface area contributed by atoms with Crippen molar-refractivity contribution in [2.45, 2.75) is 25.1 Å². The molecular weight excluding hydrogens is 291 g/mol. The van der Waals surface area contributed by atoms with Crippen LogP contribution < -0.4 is 5.32 Å². The van der Waals surface area contributed by atoms with Gasteiger partial charge in [0.25, 0.3) is 0 Å². The average molecular weight is 308 g/mol. The first-order valence-corrected chi connectivity index (χ1v) is 6.83. The van der Waals surface area contributed by atoms with Crippen molar-refractivity contribution in [1.82, 2.24) is 10.2 Å². The van der Waals surface area contributed by atoms with Gasteiger partial charge in [0.05, 0.1) is 0 Å². The summed E-state index contributed by atoms with van der Waals surface area (Å²) in [5.74, 6) is -1.53. The Hall–Kier alpha value is -1.21. The summed E-state index contributed by atoms with van der Waals surface area (Å²) < 4.78 is 64.1. The lowest BCUT2D eigenvalue weighted by Gasteiger charge is -2.35. The number of rotatable bonds is 4. The Morgan fingerprint density at radius 2 is 1.62 bits per heavy atom. The van der Waals surface area contributed by atoms with E-state index in [4.69, 9.17) is 0 Å².